The van der Waals surface area contributed by atoms with Crippen molar-refractivity contribution >= 4 is 9.84 Å². The highest BCUT2D eigenvalue weighted by molar-refractivity contribution is 7.91. The van der Waals surface area contributed by atoms with Crippen LogP contribution in [-0.4, -0.2) is 59.4 Å². The number of benzene rings is 1. The summed E-state index contributed by atoms with van der Waals surface area (Å²) in [5.41, 5.74) is 3.85. The molecule has 2 N–H and O–H groups in total. The van der Waals surface area contributed by atoms with Gasteiger partial charge in [0.15, 0.2) is 9.84 Å². The number of methoxy groups -OCH3 is 1. The minimum absolute atomic E-state index is 0.0424. The number of hydrogen-bond acceptors (Lipinski definition) is 6. The summed E-state index contributed by atoms with van der Waals surface area (Å²) < 4.78 is 30.4. The van der Waals surface area contributed by atoms with Crippen molar-refractivity contribution in [2.75, 3.05) is 25.2 Å². The summed E-state index contributed by atoms with van der Waals surface area (Å²) >= 11 is 0. The number of rotatable bonds is 7. The molecule has 0 aliphatic carbocycles. The summed E-state index contributed by atoms with van der Waals surface area (Å²) in [7, 11) is -1.22. The van der Waals surface area contributed by atoms with E-state index in [9.17, 15) is 8.42 Å². The Morgan fingerprint density at radius 1 is 1.29 bits per heavy atom. The van der Waals surface area contributed by atoms with Crippen molar-refractivity contribution in [2.45, 2.75) is 19.0 Å². The van der Waals surface area contributed by atoms with Crippen LogP contribution in [0.1, 0.15) is 6.42 Å². The van der Waals surface area contributed by atoms with Gasteiger partial charge >= 0.3 is 0 Å². The lowest BCUT2D eigenvalue weighted by atomic mass is 10.1. The fraction of sp³-hybridized carbons (Fsp3) is 0.368. The standard InChI is InChI=1S/C19H23N5O3S/c1-27-16-4-2-14(3-5-16)19-17(10-22-23-19)18-11-20-13-24(18)8-7-21-15-6-9-28(25,26)12-15/h2-5,10-11,13,15,21H,6-9,12H2,1H3,(H,22,23)/t15-/m1/s1. The van der Waals surface area contributed by atoms with Crippen LogP contribution in [0, 0.1) is 0 Å². The first-order valence-electron chi connectivity index (χ1n) is 9.18. The normalized spacial score (nSPS) is 18.4. The molecule has 0 bridgehead atoms. The van der Waals surface area contributed by atoms with Crippen molar-refractivity contribution < 1.29 is 13.2 Å². The molecule has 4 rings (SSSR count). The third kappa shape index (κ3) is 3.95. The molecule has 0 spiro atoms. The Bertz CT molecular complexity index is 1040. The van der Waals surface area contributed by atoms with E-state index < -0.39 is 9.84 Å². The molecule has 0 unspecified atom stereocenters. The third-order valence-electron chi connectivity index (χ3n) is 5.02. The highest BCUT2D eigenvalue weighted by Gasteiger charge is 2.27. The summed E-state index contributed by atoms with van der Waals surface area (Å²) in [5, 5.41) is 10.6. The highest BCUT2D eigenvalue weighted by Crippen LogP contribution is 2.30. The predicted octanol–water partition coefficient (Wildman–Crippen LogP) is 1.73. The molecule has 9 heteroatoms. The average Bonchev–Trinajstić information content (AvgIpc) is 3.41. The monoisotopic (exact) mass is 401 g/mol. The molecule has 1 aliphatic rings. The molecule has 8 nitrogen and oxygen atoms in total. The molecule has 148 valence electrons. The molecule has 3 aromatic rings. The van der Waals surface area contributed by atoms with E-state index in [0.29, 0.717) is 19.5 Å². The smallest absolute Gasteiger partial charge is 0.151 e. The van der Waals surface area contributed by atoms with Gasteiger partial charge in [0.25, 0.3) is 0 Å². The van der Waals surface area contributed by atoms with E-state index in [1.54, 1.807) is 19.6 Å². The number of nitrogens with zero attached hydrogens (tertiary/aromatic N) is 3. The quantitative estimate of drug-likeness (QED) is 0.625. The zero-order valence-electron chi connectivity index (χ0n) is 15.6. The zero-order valence-corrected chi connectivity index (χ0v) is 16.4. The number of aromatic nitrogens is 4. The Morgan fingerprint density at radius 2 is 2.11 bits per heavy atom. The van der Waals surface area contributed by atoms with Crippen molar-refractivity contribution in [3.63, 3.8) is 0 Å². The van der Waals surface area contributed by atoms with Crippen molar-refractivity contribution in [1.29, 1.82) is 0 Å². The second kappa shape index (κ2) is 7.76. The van der Waals surface area contributed by atoms with E-state index in [1.165, 1.54) is 0 Å². The molecule has 0 amide bonds. The maximum Gasteiger partial charge on any atom is 0.151 e. The van der Waals surface area contributed by atoms with Crippen LogP contribution in [0.15, 0.2) is 43.0 Å². The van der Waals surface area contributed by atoms with Crippen LogP contribution in [0.4, 0.5) is 0 Å². The molecule has 0 radical (unpaired) electrons. The van der Waals surface area contributed by atoms with Gasteiger partial charge in [-0.3, -0.25) is 5.10 Å². The number of sulfone groups is 1. The molecule has 3 heterocycles. The summed E-state index contributed by atoms with van der Waals surface area (Å²) in [6.45, 7) is 1.37. The van der Waals surface area contributed by atoms with E-state index in [2.05, 4.69) is 20.5 Å². The fourth-order valence-corrected chi connectivity index (χ4v) is 5.23. The Balaban J connectivity index is 1.48. The van der Waals surface area contributed by atoms with E-state index in [-0.39, 0.29) is 17.5 Å². The summed E-state index contributed by atoms with van der Waals surface area (Å²) in [4.78, 5) is 4.29. The first-order valence-corrected chi connectivity index (χ1v) is 11.0. The second-order valence-corrected chi connectivity index (χ2v) is 9.14. The Kier molecular flexibility index (Phi) is 5.19. The third-order valence-corrected chi connectivity index (χ3v) is 6.79. The van der Waals surface area contributed by atoms with Crippen molar-refractivity contribution in [3.05, 3.63) is 43.0 Å². The summed E-state index contributed by atoms with van der Waals surface area (Å²) in [6, 6.07) is 7.84. The number of imidazole rings is 1. The lowest BCUT2D eigenvalue weighted by Crippen LogP contribution is -2.32. The lowest BCUT2D eigenvalue weighted by Gasteiger charge is -2.13. The maximum absolute atomic E-state index is 11.6. The molecule has 1 fully saturated rings. The minimum atomic E-state index is -2.87. The molecule has 1 atom stereocenters. The van der Waals surface area contributed by atoms with Crippen LogP contribution >= 0.6 is 0 Å². The van der Waals surface area contributed by atoms with Gasteiger partial charge in [0.1, 0.15) is 5.75 Å². The van der Waals surface area contributed by atoms with Crippen molar-refractivity contribution in [1.82, 2.24) is 25.1 Å². The largest absolute Gasteiger partial charge is 0.497 e. The van der Waals surface area contributed by atoms with Gasteiger partial charge in [0, 0.05) is 30.3 Å². The Labute approximate surface area is 163 Å². The molecule has 0 saturated carbocycles. The van der Waals surface area contributed by atoms with Crippen molar-refractivity contribution in [3.8, 4) is 28.3 Å². The van der Waals surface area contributed by atoms with E-state index in [4.69, 9.17) is 4.74 Å². The maximum atomic E-state index is 11.6. The second-order valence-electron chi connectivity index (χ2n) is 6.91. The van der Waals surface area contributed by atoms with Gasteiger partial charge in [-0.25, -0.2) is 13.4 Å². The molecule has 1 saturated heterocycles. The van der Waals surface area contributed by atoms with Crippen LogP contribution < -0.4 is 10.1 Å². The fourth-order valence-electron chi connectivity index (χ4n) is 3.53. The van der Waals surface area contributed by atoms with Gasteiger partial charge in [0.05, 0.1) is 48.7 Å². The molecule has 1 aliphatic heterocycles. The van der Waals surface area contributed by atoms with Crippen LogP contribution in [-0.2, 0) is 16.4 Å². The first-order chi connectivity index (χ1) is 13.6. The Hall–Kier alpha value is -2.65. The Morgan fingerprint density at radius 3 is 2.82 bits per heavy atom. The van der Waals surface area contributed by atoms with E-state index in [1.807, 2.05) is 35.0 Å². The summed E-state index contributed by atoms with van der Waals surface area (Å²) in [6.07, 6.45) is 6.08. The van der Waals surface area contributed by atoms with Gasteiger partial charge < -0.3 is 14.6 Å². The predicted molar refractivity (Wildman–Crippen MR) is 107 cm³/mol. The van der Waals surface area contributed by atoms with Gasteiger partial charge in [-0.1, -0.05) is 0 Å². The van der Waals surface area contributed by atoms with Gasteiger partial charge in [0.2, 0.25) is 0 Å². The number of H-pyrrole nitrogens is 1. The van der Waals surface area contributed by atoms with Crippen LogP contribution in [0.25, 0.3) is 22.5 Å². The number of aromatic amines is 1. The van der Waals surface area contributed by atoms with Gasteiger partial charge in [-0.15, -0.1) is 0 Å². The van der Waals surface area contributed by atoms with E-state index in [0.717, 1.165) is 28.3 Å². The number of nitrogens with one attached hydrogen (secondary N) is 2. The number of hydrogen-bond donors (Lipinski definition) is 2. The number of ether oxygens (including phenoxy) is 1. The van der Waals surface area contributed by atoms with Crippen molar-refractivity contribution in [2.24, 2.45) is 0 Å². The van der Waals surface area contributed by atoms with Gasteiger partial charge in [-0.2, -0.15) is 5.10 Å². The minimum Gasteiger partial charge on any atom is -0.497 e. The SMILES string of the molecule is COc1ccc(-c2[nH]ncc2-c2cncn2CCN[C@@H]2CCS(=O)(=O)C2)cc1. The molecular formula is C19H23N5O3S. The molecule has 28 heavy (non-hydrogen) atoms. The molecular weight excluding hydrogens is 378 g/mol. The summed E-state index contributed by atoms with van der Waals surface area (Å²) in [5.74, 6) is 1.31. The molecule has 2 aromatic heterocycles. The van der Waals surface area contributed by atoms with Crippen LogP contribution in [0.2, 0.25) is 0 Å². The van der Waals surface area contributed by atoms with Crippen LogP contribution in [0.3, 0.4) is 0 Å². The average molecular weight is 401 g/mol. The zero-order chi connectivity index (χ0) is 19.6. The van der Waals surface area contributed by atoms with E-state index >= 15 is 0 Å². The van der Waals surface area contributed by atoms with Gasteiger partial charge in [-0.05, 0) is 30.7 Å². The topological polar surface area (TPSA) is 102 Å². The van der Waals surface area contributed by atoms with Crippen LogP contribution in [0.5, 0.6) is 5.75 Å². The lowest BCUT2D eigenvalue weighted by molar-refractivity contribution is 0.415. The molecule has 1 aromatic carbocycles. The highest BCUT2D eigenvalue weighted by atomic mass is 32.2. The first kappa shape index (κ1) is 18.7.